The summed E-state index contributed by atoms with van der Waals surface area (Å²) in [4.78, 5) is 0. The Morgan fingerprint density at radius 1 is 1.50 bits per heavy atom. The van der Waals surface area contributed by atoms with Crippen LogP contribution in [-0.2, 0) is 7.05 Å². The summed E-state index contributed by atoms with van der Waals surface area (Å²) in [5, 5.41) is 7.53. The van der Waals surface area contributed by atoms with Crippen LogP contribution in [-0.4, -0.2) is 14.8 Å². The van der Waals surface area contributed by atoms with E-state index in [4.69, 9.17) is 0 Å². The fourth-order valence-electron chi connectivity index (χ4n) is 0.597. The first-order chi connectivity index (χ1) is 5.84. The topological polar surface area (TPSA) is 30.7 Å². The molecule has 66 valence electrons. The molecule has 0 bridgehead atoms. The number of hydrogen-bond donors (Lipinski definition) is 0. The van der Waals surface area contributed by atoms with Crippen LogP contribution in [0.1, 0.15) is 19.7 Å². The van der Waals surface area contributed by atoms with Crippen molar-refractivity contribution in [2.45, 2.75) is 13.8 Å². The van der Waals surface area contributed by atoms with Gasteiger partial charge in [-0.1, -0.05) is 32.6 Å². The Hall–Kier alpha value is -1.38. The maximum Gasteiger partial charge on any atom is 0.156 e. The Morgan fingerprint density at radius 2 is 2.17 bits per heavy atom. The largest absolute Gasteiger partial charge is 0.317 e. The van der Waals surface area contributed by atoms with E-state index >= 15 is 0 Å². The van der Waals surface area contributed by atoms with E-state index in [9.17, 15) is 0 Å². The van der Waals surface area contributed by atoms with E-state index in [-0.39, 0.29) is 0 Å². The normalized spacial score (nSPS) is 9.25. The quantitative estimate of drug-likeness (QED) is 0.628. The van der Waals surface area contributed by atoms with Gasteiger partial charge in [-0.2, -0.15) is 0 Å². The van der Waals surface area contributed by atoms with Gasteiger partial charge in [0, 0.05) is 7.05 Å². The summed E-state index contributed by atoms with van der Waals surface area (Å²) in [7, 11) is 1.89. The molecule has 1 aromatic rings. The molecule has 0 amide bonds. The lowest BCUT2D eigenvalue weighted by atomic mass is 10.4. The van der Waals surface area contributed by atoms with Crippen LogP contribution < -0.4 is 0 Å². The summed E-state index contributed by atoms with van der Waals surface area (Å²) in [5.74, 6) is 0.833. The molecule has 1 heterocycles. The van der Waals surface area contributed by atoms with E-state index in [1.165, 1.54) is 0 Å². The fourth-order valence-corrected chi connectivity index (χ4v) is 0.597. The molecule has 0 aliphatic rings. The molecular weight excluding hydrogens is 150 g/mol. The van der Waals surface area contributed by atoms with Gasteiger partial charge in [-0.05, 0) is 6.08 Å². The van der Waals surface area contributed by atoms with Gasteiger partial charge >= 0.3 is 0 Å². The average molecular weight is 165 g/mol. The van der Waals surface area contributed by atoms with Gasteiger partial charge in [-0.15, -0.1) is 10.2 Å². The van der Waals surface area contributed by atoms with E-state index in [1.54, 1.807) is 12.4 Å². The van der Waals surface area contributed by atoms with Gasteiger partial charge in [0.1, 0.15) is 6.33 Å². The summed E-state index contributed by atoms with van der Waals surface area (Å²) in [5.41, 5.74) is 0. The number of nitrogens with zero attached hydrogens (tertiary/aromatic N) is 3. The molecular formula is C9H15N3. The first-order valence-electron chi connectivity index (χ1n) is 3.97. The van der Waals surface area contributed by atoms with Crippen molar-refractivity contribution >= 4 is 6.08 Å². The zero-order chi connectivity index (χ0) is 9.40. The van der Waals surface area contributed by atoms with Crippen LogP contribution in [0.4, 0.5) is 0 Å². The SMILES string of the molecule is C=C/C=C\c1nncn1C.CC. The van der Waals surface area contributed by atoms with Crippen LogP contribution >= 0.6 is 0 Å². The van der Waals surface area contributed by atoms with Crippen molar-refractivity contribution in [3.63, 3.8) is 0 Å². The third kappa shape index (κ3) is 3.14. The summed E-state index contributed by atoms with van der Waals surface area (Å²) >= 11 is 0. The standard InChI is InChI=1S/C7H9N3.C2H6/c1-3-4-5-7-9-8-6-10(7)2;1-2/h3-6H,1H2,2H3;1-2H3/b5-4-;. The second-order valence-corrected chi connectivity index (χ2v) is 1.89. The lowest BCUT2D eigenvalue weighted by Gasteiger charge is -1.88. The predicted octanol–water partition coefficient (Wildman–Crippen LogP) is 2.04. The monoisotopic (exact) mass is 165 g/mol. The molecule has 0 aromatic carbocycles. The number of aryl methyl sites for hydroxylation is 1. The smallest absolute Gasteiger partial charge is 0.156 e. The van der Waals surface area contributed by atoms with E-state index in [2.05, 4.69) is 16.8 Å². The molecule has 0 saturated heterocycles. The summed E-state index contributed by atoms with van der Waals surface area (Å²) in [6, 6.07) is 0. The molecule has 0 aliphatic carbocycles. The van der Waals surface area contributed by atoms with E-state index in [0.717, 1.165) is 5.82 Å². The number of hydrogen-bond acceptors (Lipinski definition) is 2. The first kappa shape index (κ1) is 10.6. The average Bonchev–Trinajstić information content (AvgIpc) is 2.51. The number of rotatable bonds is 2. The third-order valence-corrected chi connectivity index (χ3v) is 1.13. The highest BCUT2D eigenvalue weighted by Crippen LogP contribution is 1.93. The molecule has 3 nitrogen and oxygen atoms in total. The van der Waals surface area contributed by atoms with Gasteiger partial charge < -0.3 is 4.57 Å². The van der Waals surface area contributed by atoms with Crippen molar-refractivity contribution in [1.29, 1.82) is 0 Å². The predicted molar refractivity (Wildman–Crippen MR) is 51.6 cm³/mol. The Morgan fingerprint density at radius 3 is 2.58 bits per heavy atom. The minimum Gasteiger partial charge on any atom is -0.317 e. The fraction of sp³-hybridized carbons (Fsp3) is 0.333. The van der Waals surface area contributed by atoms with Crippen molar-refractivity contribution in [2.75, 3.05) is 0 Å². The lowest BCUT2D eigenvalue weighted by Crippen LogP contribution is -1.88. The molecule has 12 heavy (non-hydrogen) atoms. The molecule has 0 unspecified atom stereocenters. The van der Waals surface area contributed by atoms with E-state index in [0.29, 0.717) is 0 Å². The Kier molecular flexibility index (Phi) is 5.61. The lowest BCUT2D eigenvalue weighted by molar-refractivity contribution is 0.896. The zero-order valence-electron chi connectivity index (χ0n) is 7.86. The van der Waals surface area contributed by atoms with E-state index in [1.807, 2.05) is 37.6 Å². The molecule has 0 aliphatic heterocycles. The molecule has 3 heteroatoms. The molecule has 1 rings (SSSR count). The van der Waals surface area contributed by atoms with Crippen molar-refractivity contribution < 1.29 is 0 Å². The highest BCUT2D eigenvalue weighted by molar-refractivity contribution is 5.41. The molecule has 0 fully saturated rings. The Bertz CT molecular complexity index is 248. The Balaban J connectivity index is 0.000000561. The highest BCUT2D eigenvalue weighted by atomic mass is 15.2. The molecule has 1 aromatic heterocycles. The molecule has 0 saturated carbocycles. The van der Waals surface area contributed by atoms with Crippen molar-refractivity contribution in [3.05, 3.63) is 30.9 Å². The maximum atomic E-state index is 3.83. The van der Waals surface area contributed by atoms with Gasteiger partial charge in [0.05, 0.1) is 0 Å². The zero-order valence-corrected chi connectivity index (χ0v) is 7.86. The minimum absolute atomic E-state index is 0.833. The van der Waals surface area contributed by atoms with Crippen LogP contribution in [0, 0.1) is 0 Å². The van der Waals surface area contributed by atoms with Crippen LogP contribution in [0.3, 0.4) is 0 Å². The molecule has 0 radical (unpaired) electrons. The summed E-state index contributed by atoms with van der Waals surface area (Å²) in [6.45, 7) is 7.55. The molecule has 0 atom stereocenters. The highest BCUT2D eigenvalue weighted by Gasteiger charge is 1.90. The second-order valence-electron chi connectivity index (χ2n) is 1.89. The minimum atomic E-state index is 0.833. The van der Waals surface area contributed by atoms with Crippen LogP contribution in [0.2, 0.25) is 0 Å². The van der Waals surface area contributed by atoms with Gasteiger partial charge in [-0.3, -0.25) is 0 Å². The first-order valence-corrected chi connectivity index (χ1v) is 3.97. The molecule has 0 spiro atoms. The Labute approximate surface area is 73.4 Å². The van der Waals surface area contributed by atoms with Crippen molar-refractivity contribution in [1.82, 2.24) is 14.8 Å². The van der Waals surface area contributed by atoms with Crippen LogP contribution in [0.5, 0.6) is 0 Å². The number of allylic oxidation sites excluding steroid dienone is 2. The van der Waals surface area contributed by atoms with Gasteiger partial charge in [-0.25, -0.2) is 0 Å². The van der Waals surface area contributed by atoms with Crippen LogP contribution in [0.25, 0.3) is 6.08 Å². The van der Waals surface area contributed by atoms with Gasteiger partial charge in [0.2, 0.25) is 0 Å². The van der Waals surface area contributed by atoms with Gasteiger partial charge in [0.25, 0.3) is 0 Å². The molecule has 0 N–H and O–H groups in total. The van der Waals surface area contributed by atoms with Gasteiger partial charge in [0.15, 0.2) is 5.82 Å². The van der Waals surface area contributed by atoms with Crippen molar-refractivity contribution in [3.8, 4) is 0 Å². The second kappa shape index (κ2) is 6.34. The maximum absolute atomic E-state index is 3.83. The van der Waals surface area contributed by atoms with E-state index < -0.39 is 0 Å². The summed E-state index contributed by atoms with van der Waals surface area (Å²) in [6.07, 6.45) is 7.03. The van der Waals surface area contributed by atoms with Crippen molar-refractivity contribution in [2.24, 2.45) is 7.05 Å². The third-order valence-electron chi connectivity index (χ3n) is 1.13. The van der Waals surface area contributed by atoms with Crippen LogP contribution in [0.15, 0.2) is 25.1 Å². The summed E-state index contributed by atoms with van der Waals surface area (Å²) < 4.78 is 1.83. The number of aromatic nitrogens is 3.